The monoisotopic (exact) mass is 429 g/mol. The van der Waals surface area contributed by atoms with Crippen LogP contribution in [0.4, 0.5) is 5.69 Å². The van der Waals surface area contributed by atoms with Gasteiger partial charge in [0.2, 0.25) is 11.8 Å². The first kappa shape index (κ1) is 21.9. The topological polar surface area (TPSA) is 45.6 Å². The summed E-state index contributed by atoms with van der Waals surface area (Å²) >= 11 is 0. The first-order valence-corrected chi connectivity index (χ1v) is 11.3. The number of nitrogens with zero attached hydrogens (tertiary/aromatic N) is 3. The molecule has 1 atom stereocenters. The molecule has 5 heteroatoms. The van der Waals surface area contributed by atoms with Gasteiger partial charge in [0.05, 0.1) is 17.1 Å². The van der Waals surface area contributed by atoms with Crippen LogP contribution in [0.2, 0.25) is 0 Å². The van der Waals surface area contributed by atoms with Crippen LogP contribution in [0, 0.1) is 12.8 Å². The number of rotatable bonds is 5. The lowest BCUT2D eigenvalue weighted by Crippen LogP contribution is -2.49. The summed E-state index contributed by atoms with van der Waals surface area (Å²) in [6.07, 6.45) is 2.04. The number of para-hydroxylation sites is 2. The molecule has 3 aromatic rings. The molecule has 32 heavy (non-hydrogen) atoms. The molecule has 1 aromatic heterocycles. The van der Waals surface area contributed by atoms with Crippen molar-refractivity contribution in [3.05, 3.63) is 83.7 Å². The van der Waals surface area contributed by atoms with Crippen molar-refractivity contribution < 1.29 is 9.59 Å². The van der Waals surface area contributed by atoms with Gasteiger partial charge in [0.25, 0.3) is 0 Å². The van der Waals surface area contributed by atoms with Crippen molar-refractivity contribution in [2.24, 2.45) is 5.92 Å². The van der Waals surface area contributed by atoms with Crippen LogP contribution in [0.5, 0.6) is 0 Å². The number of hydrogen-bond acceptors (Lipinski definition) is 2. The minimum Gasteiger partial charge on any atom is -0.331 e. The highest BCUT2D eigenvalue weighted by atomic mass is 16.2. The number of fused-ring (bicyclic) bond motifs is 3. The molecule has 2 amide bonds. The summed E-state index contributed by atoms with van der Waals surface area (Å²) < 4.78 is 2.16. The van der Waals surface area contributed by atoms with Crippen molar-refractivity contribution in [1.82, 2.24) is 9.47 Å². The second-order valence-corrected chi connectivity index (χ2v) is 9.09. The van der Waals surface area contributed by atoms with Crippen LogP contribution in [-0.2, 0) is 9.59 Å². The van der Waals surface area contributed by atoms with Crippen molar-refractivity contribution in [1.29, 1.82) is 0 Å². The second kappa shape index (κ2) is 8.65. The van der Waals surface area contributed by atoms with Gasteiger partial charge >= 0.3 is 0 Å². The Labute approximate surface area is 190 Å². The number of aromatic nitrogens is 1. The van der Waals surface area contributed by atoms with E-state index in [2.05, 4.69) is 35.8 Å². The van der Waals surface area contributed by atoms with Gasteiger partial charge in [0.15, 0.2) is 0 Å². The van der Waals surface area contributed by atoms with E-state index >= 15 is 0 Å². The molecule has 4 rings (SSSR count). The minimum absolute atomic E-state index is 0.00544. The molecule has 2 heterocycles. The number of amides is 2. The molecule has 0 spiro atoms. The highest BCUT2D eigenvalue weighted by molar-refractivity contribution is 6.00. The molecule has 5 nitrogen and oxygen atoms in total. The molecule has 0 radical (unpaired) electrons. The molecule has 1 aliphatic rings. The summed E-state index contributed by atoms with van der Waals surface area (Å²) in [5.41, 5.74) is 5.06. The standard InChI is InChI=1S/C27H31N3O2/c1-18(2)27(32)29(19(3)4)17-25(31)30-23-13-7-6-12-22(23)28-15-9-14-24(28)26(30)21-11-8-10-20(5)16-21/h6-16,18-19,26H,17H2,1-5H3. The van der Waals surface area contributed by atoms with Crippen molar-refractivity contribution >= 4 is 17.5 Å². The van der Waals surface area contributed by atoms with Crippen molar-refractivity contribution in [3.8, 4) is 5.69 Å². The summed E-state index contributed by atoms with van der Waals surface area (Å²) in [4.78, 5) is 30.3. The highest BCUT2D eigenvalue weighted by Crippen LogP contribution is 2.42. The normalized spacial score (nSPS) is 15.0. The van der Waals surface area contributed by atoms with Crippen LogP contribution in [0.1, 0.15) is 50.6 Å². The fourth-order valence-corrected chi connectivity index (χ4v) is 4.49. The maximum atomic E-state index is 13.9. The fourth-order valence-electron chi connectivity index (χ4n) is 4.49. The first-order valence-electron chi connectivity index (χ1n) is 11.3. The quantitative estimate of drug-likeness (QED) is 0.565. The Morgan fingerprint density at radius 3 is 2.31 bits per heavy atom. The van der Waals surface area contributed by atoms with Crippen LogP contribution in [0.25, 0.3) is 5.69 Å². The van der Waals surface area contributed by atoms with Gasteiger partial charge in [-0.2, -0.15) is 0 Å². The van der Waals surface area contributed by atoms with Gasteiger partial charge in [-0.15, -0.1) is 0 Å². The second-order valence-electron chi connectivity index (χ2n) is 9.09. The number of benzene rings is 2. The zero-order valence-corrected chi connectivity index (χ0v) is 19.4. The van der Waals surface area contributed by atoms with E-state index in [9.17, 15) is 9.59 Å². The fraction of sp³-hybridized carbons (Fsp3) is 0.333. The third-order valence-corrected chi connectivity index (χ3v) is 6.05. The summed E-state index contributed by atoms with van der Waals surface area (Å²) in [5.74, 6) is -0.253. The SMILES string of the molecule is Cc1cccc(C2c3cccn3-c3ccccc3N2C(=O)CN(C(=O)C(C)C)C(C)C)c1. The molecule has 2 aromatic carbocycles. The Bertz CT molecular complexity index is 1150. The maximum Gasteiger partial charge on any atom is 0.247 e. The molecule has 0 saturated heterocycles. The van der Waals surface area contributed by atoms with Crippen LogP contribution >= 0.6 is 0 Å². The number of carbonyl (C=O) groups is 2. The van der Waals surface area contributed by atoms with Gasteiger partial charge < -0.3 is 9.47 Å². The molecule has 1 unspecified atom stereocenters. The number of aryl methyl sites for hydroxylation is 1. The number of carbonyl (C=O) groups excluding carboxylic acids is 2. The van der Waals surface area contributed by atoms with E-state index in [1.165, 1.54) is 0 Å². The first-order chi connectivity index (χ1) is 15.3. The summed E-state index contributed by atoms with van der Waals surface area (Å²) in [6, 6.07) is 20.0. The Kier molecular flexibility index (Phi) is 5.92. The lowest BCUT2D eigenvalue weighted by Gasteiger charge is -2.40. The van der Waals surface area contributed by atoms with Gasteiger partial charge in [-0.25, -0.2) is 0 Å². The Morgan fingerprint density at radius 2 is 1.66 bits per heavy atom. The van der Waals surface area contributed by atoms with E-state index < -0.39 is 0 Å². The summed E-state index contributed by atoms with van der Waals surface area (Å²) in [7, 11) is 0. The smallest absolute Gasteiger partial charge is 0.247 e. The van der Waals surface area contributed by atoms with Crippen LogP contribution in [0.15, 0.2) is 66.9 Å². The number of anilines is 1. The molecule has 166 valence electrons. The molecule has 0 N–H and O–H groups in total. The van der Waals surface area contributed by atoms with Gasteiger partial charge in [-0.05, 0) is 50.6 Å². The van der Waals surface area contributed by atoms with E-state index in [-0.39, 0.29) is 36.4 Å². The number of hydrogen-bond donors (Lipinski definition) is 0. The Morgan fingerprint density at radius 1 is 0.938 bits per heavy atom. The molecule has 0 fully saturated rings. The van der Waals surface area contributed by atoms with E-state index in [4.69, 9.17) is 0 Å². The zero-order chi connectivity index (χ0) is 23.0. The lowest BCUT2D eigenvalue weighted by atomic mass is 9.96. The van der Waals surface area contributed by atoms with E-state index in [0.717, 1.165) is 28.2 Å². The lowest BCUT2D eigenvalue weighted by molar-refractivity contribution is -0.139. The van der Waals surface area contributed by atoms with Crippen LogP contribution < -0.4 is 4.90 Å². The minimum atomic E-state index is -0.268. The van der Waals surface area contributed by atoms with Crippen LogP contribution in [-0.4, -0.2) is 33.9 Å². The van der Waals surface area contributed by atoms with Gasteiger partial charge in [0.1, 0.15) is 12.6 Å². The van der Waals surface area contributed by atoms with Crippen molar-refractivity contribution in [3.63, 3.8) is 0 Å². The van der Waals surface area contributed by atoms with E-state index in [1.807, 2.05) is 75.2 Å². The van der Waals surface area contributed by atoms with Gasteiger partial charge in [-0.1, -0.05) is 55.8 Å². The van der Waals surface area contributed by atoms with Gasteiger partial charge in [0, 0.05) is 18.2 Å². The predicted molar refractivity (Wildman–Crippen MR) is 128 cm³/mol. The Hall–Kier alpha value is -3.34. The van der Waals surface area contributed by atoms with E-state index in [1.54, 1.807) is 4.90 Å². The van der Waals surface area contributed by atoms with Gasteiger partial charge in [-0.3, -0.25) is 14.5 Å². The van der Waals surface area contributed by atoms with Crippen molar-refractivity contribution in [2.75, 3.05) is 11.4 Å². The molecule has 0 bridgehead atoms. The largest absolute Gasteiger partial charge is 0.331 e. The molecule has 1 aliphatic heterocycles. The van der Waals surface area contributed by atoms with Crippen LogP contribution in [0.3, 0.4) is 0 Å². The highest BCUT2D eigenvalue weighted by Gasteiger charge is 2.37. The molecular weight excluding hydrogens is 398 g/mol. The summed E-state index contributed by atoms with van der Waals surface area (Å²) in [5, 5.41) is 0. The molecular formula is C27H31N3O2. The van der Waals surface area contributed by atoms with Crippen molar-refractivity contribution in [2.45, 2.75) is 46.7 Å². The Balaban J connectivity index is 1.83. The predicted octanol–water partition coefficient (Wildman–Crippen LogP) is 5.11. The summed E-state index contributed by atoms with van der Waals surface area (Å²) in [6.45, 7) is 9.78. The maximum absolute atomic E-state index is 13.9. The third-order valence-electron chi connectivity index (χ3n) is 6.05. The zero-order valence-electron chi connectivity index (χ0n) is 19.4. The van der Waals surface area contributed by atoms with E-state index in [0.29, 0.717) is 0 Å². The average molecular weight is 430 g/mol. The third kappa shape index (κ3) is 3.83. The average Bonchev–Trinajstić information content (AvgIpc) is 3.25. The molecule has 0 saturated carbocycles. The molecule has 0 aliphatic carbocycles.